The van der Waals surface area contributed by atoms with Crippen molar-refractivity contribution in [2.45, 2.75) is 57.1 Å². The van der Waals surface area contributed by atoms with Crippen molar-refractivity contribution >= 4 is 27.3 Å². The second kappa shape index (κ2) is 7.80. The van der Waals surface area contributed by atoms with Crippen LogP contribution in [0.15, 0.2) is 24.3 Å². The average Bonchev–Trinajstić information content (AvgIpc) is 2.98. The summed E-state index contributed by atoms with van der Waals surface area (Å²) in [5.41, 5.74) is 1.26. The van der Waals surface area contributed by atoms with Crippen LogP contribution in [0.4, 0.5) is 11.4 Å². The lowest BCUT2D eigenvalue weighted by atomic mass is 9.78. The molecule has 3 fully saturated rings. The number of sulfonamides is 1. The number of rotatable bonds is 4. The summed E-state index contributed by atoms with van der Waals surface area (Å²) in [6.07, 6.45) is 7.14. The maximum absolute atomic E-state index is 13.4. The van der Waals surface area contributed by atoms with Gasteiger partial charge in [-0.1, -0.05) is 0 Å². The van der Waals surface area contributed by atoms with Crippen molar-refractivity contribution < 1.29 is 18.3 Å². The van der Waals surface area contributed by atoms with E-state index >= 15 is 0 Å². The molecule has 1 aromatic carbocycles. The molecule has 1 aliphatic carbocycles. The monoisotopic (exact) mass is 421 g/mol. The molecule has 7 nitrogen and oxygen atoms in total. The first-order valence-corrected chi connectivity index (χ1v) is 12.5. The van der Waals surface area contributed by atoms with Crippen molar-refractivity contribution in [2.75, 3.05) is 35.5 Å². The SMILES string of the molecule is CS(=O)(=O)Nc1ccc(N2CCCC3(CCN([C@H]4CC[C@H](O)CC4)C3=O)C2)cc1. The van der Waals surface area contributed by atoms with Gasteiger partial charge >= 0.3 is 0 Å². The molecule has 160 valence electrons. The number of hydrogen-bond acceptors (Lipinski definition) is 5. The predicted octanol–water partition coefficient (Wildman–Crippen LogP) is 2.18. The van der Waals surface area contributed by atoms with Gasteiger partial charge in [-0.05, 0) is 69.2 Å². The molecule has 2 N–H and O–H groups in total. The minimum Gasteiger partial charge on any atom is -0.393 e. The van der Waals surface area contributed by atoms with Crippen LogP contribution in [0.1, 0.15) is 44.9 Å². The average molecular weight is 422 g/mol. The van der Waals surface area contributed by atoms with Crippen LogP contribution in [0.5, 0.6) is 0 Å². The second-order valence-corrected chi connectivity index (χ2v) is 10.7. The van der Waals surface area contributed by atoms with Crippen LogP contribution in [0.3, 0.4) is 0 Å². The lowest BCUT2D eigenvalue weighted by molar-refractivity contribution is -0.139. The molecule has 1 atom stereocenters. The van der Waals surface area contributed by atoms with Crippen molar-refractivity contribution in [3.8, 4) is 0 Å². The third kappa shape index (κ3) is 4.38. The van der Waals surface area contributed by atoms with E-state index in [0.29, 0.717) is 11.6 Å². The van der Waals surface area contributed by atoms with Gasteiger partial charge in [-0.15, -0.1) is 0 Å². The molecular formula is C21H31N3O4S. The van der Waals surface area contributed by atoms with Gasteiger partial charge in [-0.25, -0.2) is 8.42 Å². The predicted molar refractivity (Wildman–Crippen MR) is 113 cm³/mol. The summed E-state index contributed by atoms with van der Waals surface area (Å²) >= 11 is 0. The standard InChI is InChI=1S/C21H31N3O4S/c1-29(27,28)22-16-3-5-17(6-4-16)23-13-2-11-21(15-23)12-14-24(20(21)26)18-7-9-19(25)10-8-18/h3-6,18-19,22,25H,2,7-15H2,1H3/t18-,19-,21?. The zero-order chi connectivity index (χ0) is 20.6. The van der Waals surface area contributed by atoms with E-state index in [9.17, 15) is 18.3 Å². The first-order valence-electron chi connectivity index (χ1n) is 10.6. The molecule has 1 spiro atoms. The lowest BCUT2D eigenvalue weighted by Crippen LogP contribution is -2.50. The fraction of sp³-hybridized carbons (Fsp3) is 0.667. The van der Waals surface area contributed by atoms with E-state index in [0.717, 1.165) is 76.5 Å². The summed E-state index contributed by atoms with van der Waals surface area (Å²) in [4.78, 5) is 17.8. The second-order valence-electron chi connectivity index (χ2n) is 8.94. The first-order chi connectivity index (χ1) is 13.8. The first kappa shape index (κ1) is 20.5. The number of nitrogens with zero attached hydrogens (tertiary/aromatic N) is 2. The van der Waals surface area contributed by atoms with E-state index < -0.39 is 10.0 Å². The van der Waals surface area contributed by atoms with Crippen LogP contribution in [0, 0.1) is 5.41 Å². The zero-order valence-corrected chi connectivity index (χ0v) is 17.8. The summed E-state index contributed by atoms with van der Waals surface area (Å²) in [5.74, 6) is 0.291. The topological polar surface area (TPSA) is 90.0 Å². The van der Waals surface area contributed by atoms with Crippen LogP contribution in [0.2, 0.25) is 0 Å². The molecule has 0 radical (unpaired) electrons. The normalized spacial score (nSPS) is 30.8. The van der Waals surface area contributed by atoms with E-state index in [2.05, 4.69) is 14.5 Å². The molecular weight excluding hydrogens is 390 g/mol. The Bertz CT molecular complexity index is 849. The number of anilines is 2. The number of hydrogen-bond donors (Lipinski definition) is 2. The number of carbonyl (C=O) groups excluding carboxylic acids is 1. The molecule has 4 rings (SSSR count). The highest BCUT2D eigenvalue weighted by Gasteiger charge is 2.50. The third-order valence-corrected chi connectivity index (χ3v) is 7.37. The zero-order valence-electron chi connectivity index (χ0n) is 17.0. The Hall–Kier alpha value is -1.80. The molecule has 2 heterocycles. The summed E-state index contributed by atoms with van der Waals surface area (Å²) in [5, 5.41) is 9.77. The highest BCUT2D eigenvalue weighted by molar-refractivity contribution is 7.92. The van der Waals surface area contributed by atoms with Crippen LogP contribution >= 0.6 is 0 Å². The molecule has 8 heteroatoms. The fourth-order valence-electron chi connectivity index (χ4n) is 5.25. The number of carbonyl (C=O) groups is 1. The highest BCUT2D eigenvalue weighted by atomic mass is 32.2. The Balaban J connectivity index is 1.45. The lowest BCUT2D eigenvalue weighted by Gasteiger charge is -2.41. The number of likely N-dealkylation sites (tertiary alicyclic amines) is 1. The Labute approximate surface area is 173 Å². The summed E-state index contributed by atoms with van der Waals surface area (Å²) in [6, 6.07) is 7.67. The molecule has 1 aromatic rings. The number of piperidine rings is 1. The van der Waals surface area contributed by atoms with Gasteiger partial charge in [-0.2, -0.15) is 0 Å². The summed E-state index contributed by atoms with van der Waals surface area (Å²) in [7, 11) is -3.29. The van der Waals surface area contributed by atoms with E-state index in [1.165, 1.54) is 0 Å². The molecule has 1 saturated carbocycles. The van der Waals surface area contributed by atoms with Gasteiger partial charge in [-0.3, -0.25) is 9.52 Å². The molecule has 0 bridgehead atoms. The van der Waals surface area contributed by atoms with Crippen molar-refractivity contribution in [3.05, 3.63) is 24.3 Å². The fourth-order valence-corrected chi connectivity index (χ4v) is 5.82. The molecule has 2 aliphatic heterocycles. The number of nitrogens with one attached hydrogen (secondary N) is 1. The van der Waals surface area contributed by atoms with Gasteiger partial charge in [0.15, 0.2) is 0 Å². The minimum atomic E-state index is -3.29. The number of amides is 1. The Morgan fingerprint density at radius 2 is 1.76 bits per heavy atom. The van der Waals surface area contributed by atoms with Gasteiger partial charge in [0, 0.05) is 37.1 Å². The van der Waals surface area contributed by atoms with Gasteiger partial charge < -0.3 is 14.9 Å². The van der Waals surface area contributed by atoms with Gasteiger partial charge in [0.25, 0.3) is 0 Å². The van der Waals surface area contributed by atoms with Gasteiger partial charge in [0.2, 0.25) is 15.9 Å². The molecule has 29 heavy (non-hydrogen) atoms. The molecule has 0 aromatic heterocycles. The van der Waals surface area contributed by atoms with Crippen molar-refractivity contribution in [1.82, 2.24) is 4.90 Å². The number of aliphatic hydroxyl groups excluding tert-OH is 1. The molecule has 1 unspecified atom stereocenters. The maximum atomic E-state index is 13.4. The summed E-state index contributed by atoms with van der Waals surface area (Å²) in [6.45, 7) is 2.45. The maximum Gasteiger partial charge on any atom is 0.230 e. The summed E-state index contributed by atoms with van der Waals surface area (Å²) < 4.78 is 25.3. The van der Waals surface area contributed by atoms with Crippen molar-refractivity contribution in [1.29, 1.82) is 0 Å². The van der Waals surface area contributed by atoms with E-state index in [1.807, 2.05) is 12.1 Å². The third-order valence-electron chi connectivity index (χ3n) is 6.77. The van der Waals surface area contributed by atoms with Gasteiger partial charge in [0.05, 0.1) is 17.8 Å². The molecule has 3 aliphatic rings. The van der Waals surface area contributed by atoms with Crippen molar-refractivity contribution in [3.63, 3.8) is 0 Å². The quantitative estimate of drug-likeness (QED) is 0.778. The van der Waals surface area contributed by atoms with E-state index in [1.54, 1.807) is 12.1 Å². The molecule has 1 amide bonds. The smallest absolute Gasteiger partial charge is 0.230 e. The molecule has 2 saturated heterocycles. The van der Waals surface area contributed by atoms with Crippen LogP contribution in [0.25, 0.3) is 0 Å². The van der Waals surface area contributed by atoms with Crippen molar-refractivity contribution in [2.24, 2.45) is 5.41 Å². The van der Waals surface area contributed by atoms with Gasteiger partial charge in [0.1, 0.15) is 0 Å². The minimum absolute atomic E-state index is 0.205. The largest absolute Gasteiger partial charge is 0.393 e. The highest BCUT2D eigenvalue weighted by Crippen LogP contribution is 2.43. The number of benzene rings is 1. The van der Waals surface area contributed by atoms with Crippen LogP contribution in [-0.2, 0) is 14.8 Å². The Kier molecular flexibility index (Phi) is 5.50. The van der Waals surface area contributed by atoms with E-state index in [4.69, 9.17) is 0 Å². The van der Waals surface area contributed by atoms with E-state index in [-0.39, 0.29) is 17.6 Å². The Morgan fingerprint density at radius 1 is 1.07 bits per heavy atom. The van der Waals surface area contributed by atoms with Crippen LogP contribution < -0.4 is 9.62 Å². The Morgan fingerprint density at radius 3 is 2.41 bits per heavy atom. The number of aliphatic hydroxyl groups is 1. The van der Waals surface area contributed by atoms with Crippen LogP contribution in [-0.4, -0.2) is 62.4 Å².